The van der Waals surface area contributed by atoms with E-state index >= 15 is 0 Å². The number of nitrogens with zero attached hydrogens (tertiary/aromatic N) is 3. The molecule has 17 heavy (non-hydrogen) atoms. The Morgan fingerprint density at radius 2 is 2.00 bits per heavy atom. The van der Waals surface area contributed by atoms with Crippen LogP contribution in [0.3, 0.4) is 0 Å². The molecule has 1 heterocycles. The highest BCUT2D eigenvalue weighted by molar-refractivity contribution is 6.34. The molecule has 1 aromatic rings. The smallest absolute Gasteiger partial charge is 0.257 e. The molecule has 0 N–H and O–H groups in total. The molecule has 6 heteroatoms. The molecule has 1 aromatic heterocycles. The second-order valence-corrected chi connectivity index (χ2v) is 4.97. The first-order valence-electron chi connectivity index (χ1n) is 5.55. The van der Waals surface area contributed by atoms with E-state index in [1.807, 2.05) is 0 Å². The Labute approximate surface area is 110 Å². The van der Waals surface area contributed by atoms with E-state index in [-0.39, 0.29) is 16.2 Å². The minimum absolute atomic E-state index is 0.101. The van der Waals surface area contributed by atoms with Crippen molar-refractivity contribution >= 4 is 29.1 Å². The summed E-state index contributed by atoms with van der Waals surface area (Å²) in [4.78, 5) is 13.9. The number of hydrogen-bond donors (Lipinski definition) is 0. The van der Waals surface area contributed by atoms with Gasteiger partial charge in [-0.2, -0.15) is 0 Å². The van der Waals surface area contributed by atoms with E-state index in [2.05, 4.69) is 10.2 Å². The molecule has 1 aliphatic rings. The fourth-order valence-corrected chi connectivity index (χ4v) is 2.47. The quantitative estimate of drug-likeness (QED) is 0.833. The molecule has 0 aromatic carbocycles. The number of halogens is 2. The van der Waals surface area contributed by atoms with Gasteiger partial charge >= 0.3 is 0 Å². The number of carbonyl (C=O) groups excluding carboxylic acids is 1. The van der Waals surface area contributed by atoms with E-state index < -0.39 is 0 Å². The number of rotatable bonds is 2. The summed E-state index contributed by atoms with van der Waals surface area (Å²) in [5.74, 6) is -0.140. The summed E-state index contributed by atoms with van der Waals surface area (Å²) in [6.07, 6.45) is 4.44. The maximum Gasteiger partial charge on any atom is 0.257 e. The average Bonchev–Trinajstić information content (AvgIpc) is 2.84. The first-order valence-corrected chi connectivity index (χ1v) is 6.31. The molecule has 0 radical (unpaired) electrons. The van der Waals surface area contributed by atoms with Crippen molar-refractivity contribution in [2.75, 3.05) is 7.05 Å². The van der Waals surface area contributed by atoms with Gasteiger partial charge in [-0.3, -0.25) is 4.79 Å². The molecule has 1 aliphatic carbocycles. The average molecular weight is 274 g/mol. The van der Waals surface area contributed by atoms with Gasteiger partial charge in [0.1, 0.15) is 0 Å². The lowest BCUT2D eigenvalue weighted by Gasteiger charge is -2.24. The van der Waals surface area contributed by atoms with Crippen molar-refractivity contribution in [3.63, 3.8) is 0 Å². The zero-order chi connectivity index (χ0) is 12.4. The van der Waals surface area contributed by atoms with Gasteiger partial charge in [0.15, 0.2) is 10.3 Å². The summed E-state index contributed by atoms with van der Waals surface area (Å²) >= 11 is 11.6. The molecule has 0 unspecified atom stereocenters. The van der Waals surface area contributed by atoms with Gasteiger partial charge < -0.3 is 4.90 Å². The number of amides is 1. The van der Waals surface area contributed by atoms with Crippen LogP contribution < -0.4 is 0 Å². The minimum Gasteiger partial charge on any atom is -0.339 e. The summed E-state index contributed by atoms with van der Waals surface area (Å²) in [5, 5.41) is 7.52. The van der Waals surface area contributed by atoms with Gasteiger partial charge in [-0.05, 0) is 18.9 Å². The molecule has 0 saturated heterocycles. The van der Waals surface area contributed by atoms with Gasteiger partial charge in [-0.1, -0.05) is 36.0 Å². The lowest BCUT2D eigenvalue weighted by Crippen LogP contribution is -2.35. The van der Waals surface area contributed by atoms with E-state index in [9.17, 15) is 4.79 Å². The van der Waals surface area contributed by atoms with Crippen LogP contribution in [-0.4, -0.2) is 34.1 Å². The van der Waals surface area contributed by atoms with Crippen LogP contribution >= 0.6 is 23.2 Å². The van der Waals surface area contributed by atoms with Crippen LogP contribution in [0.5, 0.6) is 0 Å². The lowest BCUT2D eigenvalue weighted by atomic mass is 10.2. The molecular weight excluding hydrogens is 261 g/mol. The van der Waals surface area contributed by atoms with Gasteiger partial charge in [0.2, 0.25) is 0 Å². The molecule has 1 amide bonds. The topological polar surface area (TPSA) is 46.1 Å². The SMILES string of the molecule is CN(C(=O)c1cc(Cl)nnc1Cl)C1CCCC1. The van der Waals surface area contributed by atoms with Crippen molar-refractivity contribution in [1.82, 2.24) is 15.1 Å². The Balaban J connectivity index is 2.20. The Morgan fingerprint density at radius 1 is 1.35 bits per heavy atom. The largest absolute Gasteiger partial charge is 0.339 e. The lowest BCUT2D eigenvalue weighted by molar-refractivity contribution is 0.0734. The van der Waals surface area contributed by atoms with Gasteiger partial charge in [0.25, 0.3) is 5.91 Å². The van der Waals surface area contributed by atoms with Crippen LogP contribution in [-0.2, 0) is 0 Å². The van der Waals surface area contributed by atoms with Crippen LogP contribution in [0.1, 0.15) is 36.0 Å². The third kappa shape index (κ3) is 2.69. The van der Waals surface area contributed by atoms with E-state index in [1.165, 1.54) is 18.9 Å². The van der Waals surface area contributed by atoms with E-state index in [4.69, 9.17) is 23.2 Å². The fourth-order valence-electron chi connectivity index (χ4n) is 2.15. The van der Waals surface area contributed by atoms with Crippen LogP contribution in [0.2, 0.25) is 10.3 Å². The first-order chi connectivity index (χ1) is 8.09. The summed E-state index contributed by atoms with van der Waals surface area (Å²) in [5.41, 5.74) is 0.320. The van der Waals surface area contributed by atoms with Gasteiger partial charge in [-0.25, -0.2) is 0 Å². The van der Waals surface area contributed by atoms with E-state index in [1.54, 1.807) is 11.9 Å². The van der Waals surface area contributed by atoms with Crippen LogP contribution in [0.25, 0.3) is 0 Å². The van der Waals surface area contributed by atoms with Crippen LogP contribution in [0.4, 0.5) is 0 Å². The fraction of sp³-hybridized carbons (Fsp3) is 0.545. The highest BCUT2D eigenvalue weighted by Crippen LogP contribution is 2.25. The second-order valence-electron chi connectivity index (χ2n) is 4.23. The number of carbonyl (C=O) groups is 1. The molecule has 2 rings (SSSR count). The zero-order valence-electron chi connectivity index (χ0n) is 9.49. The predicted molar refractivity (Wildman–Crippen MR) is 66.4 cm³/mol. The first kappa shape index (κ1) is 12.6. The van der Waals surface area contributed by atoms with Gasteiger partial charge in [-0.15, -0.1) is 10.2 Å². The highest BCUT2D eigenvalue weighted by Gasteiger charge is 2.26. The highest BCUT2D eigenvalue weighted by atomic mass is 35.5. The van der Waals surface area contributed by atoms with E-state index in [0.29, 0.717) is 11.6 Å². The maximum atomic E-state index is 12.2. The Kier molecular flexibility index (Phi) is 3.84. The molecule has 1 fully saturated rings. The molecule has 0 aliphatic heterocycles. The van der Waals surface area contributed by atoms with Crippen molar-refractivity contribution in [1.29, 1.82) is 0 Å². The molecule has 4 nitrogen and oxygen atoms in total. The van der Waals surface area contributed by atoms with Crippen molar-refractivity contribution in [3.05, 3.63) is 21.9 Å². The number of aromatic nitrogens is 2. The maximum absolute atomic E-state index is 12.2. The van der Waals surface area contributed by atoms with Crippen molar-refractivity contribution < 1.29 is 4.79 Å². The Bertz CT molecular complexity index is 433. The normalized spacial score (nSPS) is 16.2. The van der Waals surface area contributed by atoms with E-state index in [0.717, 1.165) is 12.8 Å². The summed E-state index contributed by atoms with van der Waals surface area (Å²) in [7, 11) is 1.79. The summed E-state index contributed by atoms with van der Waals surface area (Å²) in [6.45, 7) is 0. The standard InChI is InChI=1S/C11H13Cl2N3O/c1-16(7-4-2-3-5-7)11(17)8-6-9(12)14-15-10(8)13/h6-7H,2-5H2,1H3. The summed E-state index contributed by atoms with van der Waals surface area (Å²) < 4.78 is 0. The minimum atomic E-state index is -0.140. The molecule has 1 saturated carbocycles. The molecule has 0 spiro atoms. The third-order valence-electron chi connectivity index (χ3n) is 3.14. The zero-order valence-corrected chi connectivity index (χ0v) is 11.0. The number of hydrogen-bond acceptors (Lipinski definition) is 3. The predicted octanol–water partition coefficient (Wildman–Crippen LogP) is 2.80. The molecular formula is C11H13Cl2N3O. The molecule has 92 valence electrons. The van der Waals surface area contributed by atoms with Gasteiger partial charge in [0, 0.05) is 13.1 Å². The Morgan fingerprint density at radius 3 is 2.65 bits per heavy atom. The molecule has 0 atom stereocenters. The monoisotopic (exact) mass is 273 g/mol. The van der Waals surface area contributed by atoms with Crippen molar-refractivity contribution in [2.24, 2.45) is 0 Å². The van der Waals surface area contributed by atoms with Crippen LogP contribution in [0, 0.1) is 0 Å². The summed E-state index contributed by atoms with van der Waals surface area (Å²) in [6, 6.07) is 1.76. The second kappa shape index (κ2) is 5.19. The van der Waals surface area contributed by atoms with Crippen molar-refractivity contribution in [2.45, 2.75) is 31.7 Å². The van der Waals surface area contributed by atoms with Crippen molar-refractivity contribution in [3.8, 4) is 0 Å². The van der Waals surface area contributed by atoms with Crippen LogP contribution in [0.15, 0.2) is 6.07 Å². The van der Waals surface area contributed by atoms with Gasteiger partial charge in [0.05, 0.1) is 5.56 Å². The Hall–Kier alpha value is -0.870. The third-order valence-corrected chi connectivity index (χ3v) is 3.61. The molecule has 0 bridgehead atoms.